The second kappa shape index (κ2) is 7.04. The topological polar surface area (TPSA) is 62.6 Å². The Bertz CT molecular complexity index is 887. The Hall–Kier alpha value is -3.01. The lowest BCUT2D eigenvalue weighted by atomic mass is 10.1. The number of ether oxygens (including phenoxy) is 1. The van der Waals surface area contributed by atoms with Crippen LogP contribution in [0.5, 0.6) is 11.5 Å². The van der Waals surface area contributed by atoms with Crippen molar-refractivity contribution >= 4 is 22.7 Å². The van der Waals surface area contributed by atoms with Crippen LogP contribution < -0.4 is 4.74 Å². The van der Waals surface area contributed by atoms with Crippen molar-refractivity contribution in [3.63, 3.8) is 0 Å². The van der Waals surface area contributed by atoms with Crippen molar-refractivity contribution in [1.29, 1.82) is 0 Å². The molecule has 0 spiro atoms. The largest absolute Gasteiger partial charge is 0.507 e. The van der Waals surface area contributed by atoms with Gasteiger partial charge in [0.1, 0.15) is 17.3 Å². The zero-order valence-corrected chi connectivity index (χ0v) is 13.4. The standard InChI is InChI=1S/C20H19NO3/c1-2-11-24-16-9-10-17(20(23)13-16)19(22)12-15-8-7-14-5-3-4-6-18(14)21-15/h3-10,12-13,22-23H,2,11H2,1H3/b19-12+. The fourth-order valence-electron chi connectivity index (χ4n) is 2.42. The Morgan fingerprint density at radius 2 is 1.96 bits per heavy atom. The van der Waals surface area contributed by atoms with Gasteiger partial charge in [-0.1, -0.05) is 31.2 Å². The molecule has 0 amide bonds. The van der Waals surface area contributed by atoms with Crippen LogP contribution in [0.25, 0.3) is 22.7 Å². The molecule has 0 fully saturated rings. The van der Waals surface area contributed by atoms with Crippen molar-refractivity contribution in [2.75, 3.05) is 6.61 Å². The molecule has 0 aliphatic heterocycles. The van der Waals surface area contributed by atoms with Crippen LogP contribution in [0.15, 0.2) is 54.6 Å². The van der Waals surface area contributed by atoms with E-state index in [9.17, 15) is 10.2 Å². The van der Waals surface area contributed by atoms with Gasteiger partial charge in [-0.05, 0) is 30.7 Å². The number of aliphatic hydroxyl groups is 1. The van der Waals surface area contributed by atoms with Crippen LogP contribution in [0.1, 0.15) is 24.6 Å². The highest BCUT2D eigenvalue weighted by atomic mass is 16.5. The van der Waals surface area contributed by atoms with Gasteiger partial charge in [0.05, 0.1) is 23.4 Å². The lowest BCUT2D eigenvalue weighted by Crippen LogP contribution is -1.95. The van der Waals surface area contributed by atoms with Crippen LogP contribution in [-0.4, -0.2) is 21.8 Å². The molecule has 0 atom stereocenters. The molecule has 3 aromatic rings. The summed E-state index contributed by atoms with van der Waals surface area (Å²) >= 11 is 0. The molecule has 3 rings (SSSR count). The average Bonchev–Trinajstić information content (AvgIpc) is 2.59. The lowest BCUT2D eigenvalue weighted by molar-refractivity contribution is 0.315. The highest BCUT2D eigenvalue weighted by molar-refractivity contribution is 5.83. The normalized spacial score (nSPS) is 11.6. The number of rotatable bonds is 5. The van der Waals surface area contributed by atoms with Crippen molar-refractivity contribution in [3.05, 3.63) is 65.9 Å². The summed E-state index contributed by atoms with van der Waals surface area (Å²) in [6.07, 6.45) is 2.43. The maximum atomic E-state index is 10.3. The van der Waals surface area contributed by atoms with E-state index in [0.29, 0.717) is 23.6 Å². The predicted octanol–water partition coefficient (Wildman–Crippen LogP) is 4.79. The third-order valence-electron chi connectivity index (χ3n) is 3.62. The molecule has 0 saturated carbocycles. The number of fused-ring (bicyclic) bond motifs is 1. The molecule has 0 saturated heterocycles. The predicted molar refractivity (Wildman–Crippen MR) is 96.1 cm³/mol. The molecule has 1 heterocycles. The number of pyridine rings is 1. The first kappa shape index (κ1) is 15.9. The quantitative estimate of drug-likeness (QED) is 0.664. The number of hydrogen-bond donors (Lipinski definition) is 2. The summed E-state index contributed by atoms with van der Waals surface area (Å²) in [4.78, 5) is 4.49. The molecule has 4 nitrogen and oxygen atoms in total. The molecular formula is C20H19NO3. The number of hydrogen-bond acceptors (Lipinski definition) is 4. The van der Waals surface area contributed by atoms with E-state index in [1.165, 1.54) is 12.1 Å². The van der Waals surface area contributed by atoms with E-state index in [4.69, 9.17) is 4.74 Å². The van der Waals surface area contributed by atoms with E-state index in [0.717, 1.165) is 17.3 Å². The molecule has 4 heteroatoms. The minimum atomic E-state index is -0.0441. The number of aromatic hydroxyl groups is 1. The van der Waals surface area contributed by atoms with Gasteiger partial charge in [0, 0.05) is 17.5 Å². The maximum Gasteiger partial charge on any atom is 0.130 e. The van der Waals surface area contributed by atoms with E-state index >= 15 is 0 Å². The Kier molecular flexibility index (Phi) is 4.66. The number of para-hydroxylation sites is 1. The fourth-order valence-corrected chi connectivity index (χ4v) is 2.42. The van der Waals surface area contributed by atoms with Gasteiger partial charge in [-0.3, -0.25) is 0 Å². The smallest absolute Gasteiger partial charge is 0.130 e. The molecule has 1 aromatic heterocycles. The van der Waals surface area contributed by atoms with E-state index < -0.39 is 0 Å². The van der Waals surface area contributed by atoms with Crippen molar-refractivity contribution in [3.8, 4) is 11.5 Å². The van der Waals surface area contributed by atoms with Crippen molar-refractivity contribution in [2.45, 2.75) is 13.3 Å². The minimum Gasteiger partial charge on any atom is -0.507 e. The first-order valence-electron chi connectivity index (χ1n) is 7.90. The maximum absolute atomic E-state index is 10.3. The summed E-state index contributed by atoms with van der Waals surface area (Å²) in [5.41, 5.74) is 1.82. The summed E-state index contributed by atoms with van der Waals surface area (Å²) < 4.78 is 5.46. The Balaban J connectivity index is 1.89. The van der Waals surface area contributed by atoms with Crippen molar-refractivity contribution < 1.29 is 14.9 Å². The SMILES string of the molecule is CCCOc1ccc(/C(O)=C\c2ccc3ccccc3n2)c(O)c1. The van der Waals surface area contributed by atoms with Gasteiger partial charge in [0.25, 0.3) is 0 Å². The number of phenols is 1. The van der Waals surface area contributed by atoms with Crippen LogP contribution in [0, 0.1) is 0 Å². The van der Waals surface area contributed by atoms with Crippen LogP contribution >= 0.6 is 0 Å². The summed E-state index contributed by atoms with van der Waals surface area (Å²) in [6, 6.07) is 16.4. The molecule has 0 aliphatic rings. The molecular weight excluding hydrogens is 302 g/mol. The first-order chi connectivity index (χ1) is 11.7. The highest BCUT2D eigenvalue weighted by Gasteiger charge is 2.08. The lowest BCUT2D eigenvalue weighted by Gasteiger charge is -2.08. The third-order valence-corrected chi connectivity index (χ3v) is 3.62. The van der Waals surface area contributed by atoms with Gasteiger partial charge in [0.15, 0.2) is 0 Å². The van der Waals surface area contributed by atoms with Gasteiger partial charge in [-0.15, -0.1) is 0 Å². The Labute approximate surface area is 140 Å². The minimum absolute atomic E-state index is 0.0295. The van der Waals surface area contributed by atoms with Gasteiger partial charge >= 0.3 is 0 Å². The molecule has 0 unspecified atom stereocenters. The summed E-state index contributed by atoms with van der Waals surface area (Å²) in [6.45, 7) is 2.60. The van der Waals surface area contributed by atoms with Crippen LogP contribution in [0.3, 0.4) is 0 Å². The van der Waals surface area contributed by atoms with Gasteiger partial charge < -0.3 is 14.9 Å². The van der Waals surface area contributed by atoms with Crippen LogP contribution in [-0.2, 0) is 0 Å². The monoisotopic (exact) mass is 321 g/mol. The number of phenolic OH excluding ortho intramolecular Hbond substituents is 1. The second-order valence-corrected chi connectivity index (χ2v) is 5.49. The second-order valence-electron chi connectivity index (χ2n) is 5.49. The van der Waals surface area contributed by atoms with Crippen LogP contribution in [0.2, 0.25) is 0 Å². The number of benzene rings is 2. The number of nitrogens with zero attached hydrogens (tertiary/aromatic N) is 1. The van der Waals surface area contributed by atoms with Crippen LogP contribution in [0.4, 0.5) is 0 Å². The molecule has 0 bridgehead atoms. The zero-order valence-electron chi connectivity index (χ0n) is 13.4. The molecule has 2 aromatic carbocycles. The summed E-state index contributed by atoms with van der Waals surface area (Å²) in [5.74, 6) is 0.505. The van der Waals surface area contributed by atoms with Gasteiger partial charge in [-0.25, -0.2) is 4.98 Å². The van der Waals surface area contributed by atoms with E-state index in [-0.39, 0.29) is 11.5 Å². The third kappa shape index (κ3) is 3.49. The summed E-state index contributed by atoms with van der Waals surface area (Å²) in [5, 5.41) is 21.5. The van der Waals surface area contributed by atoms with E-state index in [1.54, 1.807) is 12.1 Å². The van der Waals surface area contributed by atoms with Crippen molar-refractivity contribution in [1.82, 2.24) is 4.98 Å². The number of aromatic nitrogens is 1. The molecule has 2 N–H and O–H groups in total. The molecule has 122 valence electrons. The first-order valence-corrected chi connectivity index (χ1v) is 7.90. The van der Waals surface area contributed by atoms with Gasteiger partial charge in [-0.2, -0.15) is 0 Å². The molecule has 24 heavy (non-hydrogen) atoms. The van der Waals surface area contributed by atoms with Crippen molar-refractivity contribution in [2.24, 2.45) is 0 Å². The van der Waals surface area contributed by atoms with Gasteiger partial charge in [0.2, 0.25) is 0 Å². The highest BCUT2D eigenvalue weighted by Crippen LogP contribution is 2.29. The average molecular weight is 321 g/mol. The van der Waals surface area contributed by atoms with E-state index in [2.05, 4.69) is 4.98 Å². The fraction of sp³-hybridized carbons (Fsp3) is 0.150. The Morgan fingerprint density at radius 3 is 2.75 bits per heavy atom. The molecule has 0 aliphatic carbocycles. The summed E-state index contributed by atoms with van der Waals surface area (Å²) in [7, 11) is 0. The molecule has 0 radical (unpaired) electrons. The zero-order chi connectivity index (χ0) is 16.9. The van der Waals surface area contributed by atoms with E-state index in [1.807, 2.05) is 43.3 Å². The Morgan fingerprint density at radius 1 is 1.12 bits per heavy atom. The number of aliphatic hydroxyl groups excluding tert-OH is 1.